The van der Waals surface area contributed by atoms with Crippen molar-refractivity contribution in [1.82, 2.24) is 5.32 Å². The van der Waals surface area contributed by atoms with Crippen molar-refractivity contribution in [3.63, 3.8) is 0 Å². The Morgan fingerprint density at radius 2 is 1.67 bits per heavy atom. The summed E-state index contributed by atoms with van der Waals surface area (Å²) in [4.78, 5) is 2.44. The molecular weight excluding hydrogens is 409 g/mol. The molecule has 0 bridgehead atoms. The van der Waals surface area contributed by atoms with Crippen molar-refractivity contribution in [2.75, 3.05) is 48.5 Å². The lowest BCUT2D eigenvalue weighted by atomic mass is 10.2. The van der Waals surface area contributed by atoms with Crippen LogP contribution in [0.1, 0.15) is 0 Å². The van der Waals surface area contributed by atoms with Crippen LogP contribution in [0.15, 0.2) is 47.4 Å². The predicted octanol–water partition coefficient (Wildman–Crippen LogP) is 2.76. The first-order valence-corrected chi connectivity index (χ1v) is 10.4. The highest BCUT2D eigenvalue weighted by molar-refractivity contribution is 7.92. The largest absolute Gasteiger partial charge is 0.487 e. The van der Waals surface area contributed by atoms with Crippen LogP contribution in [0, 0.1) is 0 Å². The fraction of sp³-hybridized carbons (Fsp3) is 0.333. The highest BCUT2D eigenvalue weighted by atomic mass is 35.5. The molecule has 0 saturated carbocycles. The Kier molecular flexibility index (Phi) is 6.05. The molecule has 0 aromatic heterocycles. The number of nitrogens with one attached hydrogen (secondary N) is 1. The highest BCUT2D eigenvalue weighted by Gasteiger charge is 2.33. The van der Waals surface area contributed by atoms with Crippen LogP contribution >= 0.6 is 24.0 Å². The minimum atomic E-state index is -3.68. The number of hydrogen-bond donors (Lipinski definition) is 1. The minimum Gasteiger partial charge on any atom is -0.487 e. The van der Waals surface area contributed by atoms with Gasteiger partial charge in [-0.05, 0) is 24.3 Å². The van der Waals surface area contributed by atoms with Crippen molar-refractivity contribution in [3.8, 4) is 5.75 Å². The summed E-state index contributed by atoms with van der Waals surface area (Å²) in [5.41, 5.74) is 1.35. The predicted molar refractivity (Wildman–Crippen MR) is 110 cm³/mol. The summed E-state index contributed by atoms with van der Waals surface area (Å²) in [6.45, 7) is 3.94. The molecular formula is C18H21Cl2N3O3S. The van der Waals surface area contributed by atoms with E-state index in [0.717, 1.165) is 31.9 Å². The molecule has 0 amide bonds. The lowest BCUT2D eigenvalue weighted by molar-refractivity contribution is 0.315. The zero-order chi connectivity index (χ0) is 18.1. The van der Waals surface area contributed by atoms with Crippen LogP contribution in [0.25, 0.3) is 0 Å². The van der Waals surface area contributed by atoms with Crippen molar-refractivity contribution >= 4 is 45.4 Å². The van der Waals surface area contributed by atoms with Gasteiger partial charge in [-0.25, -0.2) is 8.42 Å². The van der Waals surface area contributed by atoms with Gasteiger partial charge in [0.25, 0.3) is 10.0 Å². The summed E-state index contributed by atoms with van der Waals surface area (Å²) in [5, 5.41) is 3.81. The van der Waals surface area contributed by atoms with Crippen molar-refractivity contribution < 1.29 is 13.2 Å². The molecule has 2 aliphatic rings. The number of rotatable bonds is 3. The number of sulfonamides is 1. The molecule has 6 nitrogen and oxygen atoms in total. The third-order valence-electron chi connectivity index (χ3n) is 4.61. The van der Waals surface area contributed by atoms with Gasteiger partial charge in [-0.15, -0.1) is 12.4 Å². The Morgan fingerprint density at radius 1 is 1.00 bits per heavy atom. The summed E-state index contributed by atoms with van der Waals surface area (Å²) in [6, 6.07) is 12.0. The molecule has 1 saturated heterocycles. The second-order valence-corrected chi connectivity index (χ2v) is 8.55. The normalized spacial score (nSPS) is 16.9. The van der Waals surface area contributed by atoms with E-state index >= 15 is 0 Å². The van der Waals surface area contributed by atoms with Crippen molar-refractivity contribution in [2.24, 2.45) is 0 Å². The Bertz CT molecular complexity index is 904. The second kappa shape index (κ2) is 8.14. The van der Waals surface area contributed by atoms with E-state index in [-0.39, 0.29) is 23.8 Å². The monoisotopic (exact) mass is 429 g/mol. The van der Waals surface area contributed by atoms with Gasteiger partial charge in [0.15, 0.2) is 5.75 Å². The van der Waals surface area contributed by atoms with Gasteiger partial charge in [-0.2, -0.15) is 0 Å². The van der Waals surface area contributed by atoms with E-state index in [1.807, 2.05) is 6.07 Å². The van der Waals surface area contributed by atoms with Crippen LogP contribution < -0.4 is 19.3 Å². The quantitative estimate of drug-likeness (QED) is 0.812. The Balaban J connectivity index is 0.00000210. The average Bonchev–Trinajstić information content (AvgIpc) is 2.68. The number of nitrogens with zero attached hydrogens (tertiary/aromatic N) is 2. The standard InChI is InChI=1S/C18H20ClN3O3S.ClH/c19-14-12-16(21-8-6-20-7-9-21)18-17(13-14)22(10-11-25-18)26(23,24)15-4-2-1-3-5-15;/h1-5,12-13,20H,6-11H2;1H. The third-order valence-corrected chi connectivity index (χ3v) is 6.66. The van der Waals surface area contributed by atoms with Crippen LogP contribution in [-0.4, -0.2) is 47.7 Å². The first-order chi connectivity index (χ1) is 12.6. The summed E-state index contributed by atoms with van der Waals surface area (Å²) in [7, 11) is -3.68. The van der Waals surface area contributed by atoms with Crippen molar-refractivity contribution in [2.45, 2.75) is 4.90 Å². The van der Waals surface area contributed by atoms with Crippen LogP contribution in [0.3, 0.4) is 0 Å². The van der Waals surface area contributed by atoms with Gasteiger partial charge in [0.2, 0.25) is 0 Å². The lowest BCUT2D eigenvalue weighted by Gasteiger charge is -2.36. The molecule has 2 aromatic carbocycles. The number of hydrogen-bond acceptors (Lipinski definition) is 5. The smallest absolute Gasteiger partial charge is 0.264 e. The maximum Gasteiger partial charge on any atom is 0.264 e. The van der Waals surface area contributed by atoms with Crippen LogP contribution in [0.4, 0.5) is 11.4 Å². The lowest BCUT2D eigenvalue weighted by Crippen LogP contribution is -2.44. The van der Waals surface area contributed by atoms with Gasteiger partial charge in [0, 0.05) is 31.2 Å². The molecule has 0 radical (unpaired) electrons. The van der Waals surface area contributed by atoms with Gasteiger partial charge in [0.1, 0.15) is 6.61 Å². The molecule has 4 rings (SSSR count). The van der Waals surface area contributed by atoms with Crippen LogP contribution in [0.5, 0.6) is 5.75 Å². The van der Waals surface area contributed by atoms with Crippen LogP contribution in [0.2, 0.25) is 5.02 Å². The Morgan fingerprint density at radius 3 is 2.37 bits per heavy atom. The molecule has 146 valence electrons. The van der Waals surface area contributed by atoms with E-state index in [4.69, 9.17) is 16.3 Å². The number of ether oxygens (including phenoxy) is 1. The molecule has 2 heterocycles. The molecule has 0 atom stereocenters. The van der Waals surface area contributed by atoms with Gasteiger partial charge < -0.3 is 15.0 Å². The Labute approximate surface area is 170 Å². The van der Waals surface area contributed by atoms with E-state index in [0.29, 0.717) is 23.1 Å². The molecule has 2 aromatic rings. The molecule has 0 aliphatic carbocycles. The zero-order valence-electron chi connectivity index (χ0n) is 14.6. The third kappa shape index (κ3) is 3.82. The van der Waals surface area contributed by atoms with Crippen molar-refractivity contribution in [1.29, 1.82) is 0 Å². The SMILES string of the molecule is Cl.O=S(=O)(c1ccccc1)N1CCOc2c(N3CCNCC3)cc(Cl)cc21. The average molecular weight is 430 g/mol. The second-order valence-electron chi connectivity index (χ2n) is 6.25. The van der Waals surface area contributed by atoms with Gasteiger partial charge in [0.05, 0.1) is 22.8 Å². The Hall–Kier alpha value is -1.67. The molecule has 0 spiro atoms. The molecule has 2 aliphatic heterocycles. The van der Waals surface area contributed by atoms with Crippen LogP contribution in [-0.2, 0) is 10.0 Å². The summed E-state index contributed by atoms with van der Waals surface area (Å²) in [6.07, 6.45) is 0. The van der Waals surface area contributed by atoms with E-state index in [1.165, 1.54) is 4.31 Å². The maximum absolute atomic E-state index is 13.2. The van der Waals surface area contributed by atoms with E-state index in [1.54, 1.807) is 36.4 Å². The fourth-order valence-electron chi connectivity index (χ4n) is 3.36. The first-order valence-electron chi connectivity index (χ1n) is 8.57. The van der Waals surface area contributed by atoms with E-state index < -0.39 is 10.0 Å². The van der Waals surface area contributed by atoms with Gasteiger partial charge >= 0.3 is 0 Å². The molecule has 0 unspecified atom stereocenters. The molecule has 1 fully saturated rings. The topological polar surface area (TPSA) is 61.9 Å². The van der Waals surface area contributed by atoms with Gasteiger partial charge in [-0.1, -0.05) is 29.8 Å². The molecule has 9 heteroatoms. The van der Waals surface area contributed by atoms with E-state index in [2.05, 4.69) is 10.2 Å². The summed E-state index contributed by atoms with van der Waals surface area (Å²) in [5.74, 6) is 0.585. The maximum atomic E-state index is 13.2. The number of anilines is 2. The number of piperazine rings is 1. The van der Waals surface area contributed by atoms with Gasteiger partial charge in [-0.3, -0.25) is 4.31 Å². The number of benzene rings is 2. The van der Waals surface area contributed by atoms with E-state index in [9.17, 15) is 8.42 Å². The molecule has 27 heavy (non-hydrogen) atoms. The highest BCUT2D eigenvalue weighted by Crippen LogP contribution is 2.44. The minimum absolute atomic E-state index is 0. The first kappa shape index (κ1) is 20.1. The number of fused-ring (bicyclic) bond motifs is 1. The van der Waals surface area contributed by atoms with Crippen molar-refractivity contribution in [3.05, 3.63) is 47.5 Å². The summed E-state index contributed by atoms with van der Waals surface area (Å²) < 4.78 is 33.6. The fourth-order valence-corrected chi connectivity index (χ4v) is 5.03. The molecule has 1 N–H and O–H groups in total. The zero-order valence-corrected chi connectivity index (χ0v) is 17.0. The number of halogens is 2. The summed E-state index contributed by atoms with van der Waals surface area (Å²) >= 11 is 6.34.